The molecule has 0 saturated carbocycles. The largest absolute Gasteiger partial charge is 0.480 e. The lowest BCUT2D eigenvalue weighted by molar-refractivity contribution is -0.138. The lowest BCUT2D eigenvalue weighted by Gasteiger charge is -2.09. The van der Waals surface area contributed by atoms with Crippen LogP contribution in [0.25, 0.3) is 0 Å². The Hall–Kier alpha value is -2.12. The number of hydrogen-bond donors (Lipinski definition) is 4. The Labute approximate surface area is 163 Å². The van der Waals surface area contributed by atoms with Gasteiger partial charge in [0.2, 0.25) is 11.8 Å². The van der Waals surface area contributed by atoms with Crippen molar-refractivity contribution < 1.29 is 43.2 Å². The summed E-state index contributed by atoms with van der Waals surface area (Å²) in [6.45, 7) is 1.47. The molecule has 28 heavy (non-hydrogen) atoms. The van der Waals surface area contributed by atoms with Crippen LogP contribution in [0.1, 0.15) is 12.8 Å². The number of amides is 2. The number of carboxylic acid groups (broad SMARTS) is 1. The molecule has 0 bridgehead atoms. The molecule has 0 rings (SSSR count). The lowest BCUT2D eigenvalue weighted by Crippen LogP contribution is -2.33. The second-order valence-electron chi connectivity index (χ2n) is 5.39. The Morgan fingerprint density at radius 3 is 2.32 bits per heavy atom. The van der Waals surface area contributed by atoms with Gasteiger partial charge in [-0.3, -0.25) is 14.4 Å². The van der Waals surface area contributed by atoms with Gasteiger partial charge in [-0.1, -0.05) is 0 Å². The van der Waals surface area contributed by atoms with E-state index in [9.17, 15) is 19.2 Å². The summed E-state index contributed by atoms with van der Waals surface area (Å²) in [6.07, 6.45) is 0.685. The number of nitrogens with two attached hydrogens (primary N) is 1. The Morgan fingerprint density at radius 1 is 0.929 bits per heavy atom. The highest BCUT2D eigenvalue weighted by molar-refractivity contribution is 5.78. The van der Waals surface area contributed by atoms with Gasteiger partial charge >= 0.3 is 5.97 Å². The highest BCUT2D eigenvalue weighted by atomic mass is 16.5. The quantitative estimate of drug-likeness (QED) is 0.103. The van der Waals surface area contributed by atoms with Crippen molar-refractivity contribution in [2.75, 3.05) is 59.5 Å². The van der Waals surface area contributed by atoms with E-state index in [4.69, 9.17) is 29.8 Å². The number of aldehydes is 1. The molecule has 0 aromatic rings. The van der Waals surface area contributed by atoms with Gasteiger partial charge in [0.05, 0.1) is 33.0 Å². The Bertz CT molecular complexity index is 463. The van der Waals surface area contributed by atoms with Crippen LogP contribution >= 0.6 is 0 Å². The number of carboxylic acids is 1. The Balaban J connectivity index is 3.37. The highest BCUT2D eigenvalue weighted by Crippen LogP contribution is 1.94. The van der Waals surface area contributed by atoms with Crippen LogP contribution < -0.4 is 16.4 Å². The van der Waals surface area contributed by atoms with Gasteiger partial charge in [0.1, 0.15) is 32.3 Å². The van der Waals surface area contributed by atoms with E-state index in [0.29, 0.717) is 32.7 Å². The highest BCUT2D eigenvalue weighted by Gasteiger charge is 2.13. The van der Waals surface area contributed by atoms with Gasteiger partial charge in [-0.15, -0.1) is 0 Å². The van der Waals surface area contributed by atoms with Crippen molar-refractivity contribution >= 4 is 24.1 Å². The number of hydrogen-bond acceptors (Lipinski definition) is 9. The van der Waals surface area contributed by atoms with Crippen LogP contribution in [-0.2, 0) is 38.1 Å². The van der Waals surface area contributed by atoms with Crippen molar-refractivity contribution in [2.24, 2.45) is 5.73 Å². The molecule has 2 amide bonds. The summed E-state index contributed by atoms with van der Waals surface area (Å²) in [5, 5.41) is 13.6. The zero-order chi connectivity index (χ0) is 21.0. The number of aliphatic carboxylic acids is 1. The van der Waals surface area contributed by atoms with Crippen molar-refractivity contribution in [2.45, 2.75) is 18.9 Å². The summed E-state index contributed by atoms with van der Waals surface area (Å²) < 4.78 is 20.3. The predicted molar refractivity (Wildman–Crippen MR) is 95.3 cm³/mol. The third-order valence-electron chi connectivity index (χ3n) is 3.10. The molecule has 12 nitrogen and oxygen atoms in total. The number of nitrogens with one attached hydrogen (secondary N) is 2. The first-order valence-electron chi connectivity index (χ1n) is 8.73. The normalized spacial score (nSPS) is 11.6. The molecule has 0 aromatic heterocycles. The van der Waals surface area contributed by atoms with Crippen LogP contribution in [0.2, 0.25) is 0 Å². The van der Waals surface area contributed by atoms with Gasteiger partial charge in [-0.05, 0) is 6.42 Å². The Morgan fingerprint density at radius 2 is 1.61 bits per heavy atom. The first kappa shape index (κ1) is 25.9. The molecular formula is C16H29N3O9. The first-order valence-corrected chi connectivity index (χ1v) is 8.73. The standard InChI is InChI=1S/C16H29N3O9/c17-13(16(23)24)1-2-14(21)19-12-28-10-9-27-11-15(22)18-3-5-25-7-8-26-6-4-20/h4,13H,1-3,5-12,17H2,(H,18,22)(H,19,21)(H,23,24)/t13-/m0/s1. The minimum absolute atomic E-state index is 0.0109. The lowest BCUT2D eigenvalue weighted by atomic mass is 10.1. The van der Waals surface area contributed by atoms with Gasteiger partial charge in [0.25, 0.3) is 0 Å². The van der Waals surface area contributed by atoms with Crippen molar-refractivity contribution in [1.82, 2.24) is 10.6 Å². The summed E-state index contributed by atoms with van der Waals surface area (Å²) in [7, 11) is 0. The van der Waals surface area contributed by atoms with E-state index in [1.165, 1.54) is 0 Å². The molecule has 0 aliphatic heterocycles. The number of rotatable bonds is 19. The third-order valence-corrected chi connectivity index (χ3v) is 3.10. The zero-order valence-electron chi connectivity index (χ0n) is 15.7. The SMILES string of the molecule is N[C@@H](CCC(=O)NCOCCOCC(=O)NCCOCCOCC=O)C(=O)O. The molecule has 12 heteroatoms. The van der Waals surface area contributed by atoms with Crippen molar-refractivity contribution in [3.63, 3.8) is 0 Å². The van der Waals surface area contributed by atoms with Crippen LogP contribution in [0.5, 0.6) is 0 Å². The molecule has 0 radical (unpaired) electrons. The monoisotopic (exact) mass is 407 g/mol. The maximum atomic E-state index is 11.5. The van der Waals surface area contributed by atoms with Gasteiger partial charge in [0.15, 0.2) is 0 Å². The molecular weight excluding hydrogens is 378 g/mol. The van der Waals surface area contributed by atoms with Gasteiger partial charge in [-0.2, -0.15) is 0 Å². The molecule has 0 heterocycles. The number of ether oxygens (including phenoxy) is 4. The molecule has 0 spiro atoms. The van der Waals surface area contributed by atoms with E-state index in [1.54, 1.807) is 0 Å². The van der Waals surface area contributed by atoms with E-state index in [1.807, 2.05) is 0 Å². The molecule has 162 valence electrons. The average Bonchev–Trinajstić information content (AvgIpc) is 2.67. The van der Waals surface area contributed by atoms with Gasteiger partial charge < -0.3 is 45.2 Å². The molecule has 0 unspecified atom stereocenters. The fourth-order valence-electron chi connectivity index (χ4n) is 1.65. The molecule has 0 aromatic carbocycles. The summed E-state index contributed by atoms with van der Waals surface area (Å²) in [5.74, 6) is -1.82. The zero-order valence-corrected chi connectivity index (χ0v) is 15.7. The molecule has 0 aliphatic rings. The van der Waals surface area contributed by atoms with Gasteiger partial charge in [-0.25, -0.2) is 0 Å². The van der Waals surface area contributed by atoms with Crippen LogP contribution in [0, 0.1) is 0 Å². The topological polar surface area (TPSA) is 176 Å². The molecule has 0 saturated heterocycles. The summed E-state index contributed by atoms with van der Waals surface area (Å²) in [5.41, 5.74) is 5.28. The van der Waals surface area contributed by atoms with Crippen LogP contribution in [0.4, 0.5) is 0 Å². The third kappa shape index (κ3) is 17.3. The van der Waals surface area contributed by atoms with E-state index >= 15 is 0 Å². The van der Waals surface area contributed by atoms with E-state index in [2.05, 4.69) is 10.6 Å². The van der Waals surface area contributed by atoms with Crippen molar-refractivity contribution in [3.05, 3.63) is 0 Å². The maximum Gasteiger partial charge on any atom is 0.320 e. The molecule has 0 aliphatic carbocycles. The smallest absolute Gasteiger partial charge is 0.320 e. The van der Waals surface area contributed by atoms with Crippen LogP contribution in [0.15, 0.2) is 0 Å². The van der Waals surface area contributed by atoms with Crippen LogP contribution in [-0.4, -0.2) is 94.7 Å². The average molecular weight is 407 g/mol. The van der Waals surface area contributed by atoms with Crippen LogP contribution in [0.3, 0.4) is 0 Å². The van der Waals surface area contributed by atoms with E-state index in [-0.39, 0.29) is 57.8 Å². The van der Waals surface area contributed by atoms with E-state index in [0.717, 1.165) is 0 Å². The van der Waals surface area contributed by atoms with E-state index < -0.39 is 12.0 Å². The molecule has 1 atom stereocenters. The second kappa shape index (κ2) is 18.3. The van der Waals surface area contributed by atoms with Gasteiger partial charge in [0, 0.05) is 13.0 Å². The second-order valence-corrected chi connectivity index (χ2v) is 5.39. The van der Waals surface area contributed by atoms with Crippen molar-refractivity contribution in [3.8, 4) is 0 Å². The predicted octanol–water partition coefficient (Wildman–Crippen LogP) is -2.37. The number of carbonyl (C=O) groups is 4. The summed E-state index contributed by atoms with van der Waals surface area (Å²) in [6, 6.07) is -1.07. The first-order chi connectivity index (χ1) is 13.5. The maximum absolute atomic E-state index is 11.5. The minimum atomic E-state index is -1.15. The fraction of sp³-hybridized carbons (Fsp3) is 0.750. The molecule has 0 fully saturated rings. The Kier molecular flexibility index (Phi) is 16.9. The van der Waals surface area contributed by atoms with Crippen molar-refractivity contribution in [1.29, 1.82) is 0 Å². The molecule has 5 N–H and O–H groups in total. The summed E-state index contributed by atoms with van der Waals surface area (Å²) >= 11 is 0. The number of carbonyl (C=O) groups excluding carboxylic acids is 3. The minimum Gasteiger partial charge on any atom is -0.480 e. The fourth-order valence-corrected chi connectivity index (χ4v) is 1.65. The summed E-state index contributed by atoms with van der Waals surface area (Å²) in [4.78, 5) is 43.4.